The number of aliphatic hydroxyl groups is 2. The Kier molecular flexibility index (Phi) is 8.01. The second-order valence-electron chi connectivity index (χ2n) is 12.5. The molecular weight excluding hydrogens is 512 g/mol. The number of alkyl halides is 1. The van der Waals surface area contributed by atoms with Crippen LogP contribution in [0.3, 0.4) is 0 Å². The molecule has 4 rings (SSSR count). The van der Waals surface area contributed by atoms with Crippen LogP contribution in [0.25, 0.3) is 0 Å². The van der Waals surface area contributed by atoms with E-state index in [1.165, 1.54) is 6.92 Å². The Morgan fingerprint density at radius 1 is 1.09 bits per heavy atom. The molecule has 12 atom stereocenters. The van der Waals surface area contributed by atoms with Crippen LogP contribution >= 0.6 is 15.9 Å². The molecule has 4 aliphatic carbocycles. The number of aliphatic hydroxyl groups excluding tert-OH is 2. The van der Waals surface area contributed by atoms with Crippen LogP contribution in [0.4, 0.5) is 0 Å². The Morgan fingerprint density at radius 2 is 1.80 bits per heavy atom. The summed E-state index contributed by atoms with van der Waals surface area (Å²) in [6, 6.07) is 0. The van der Waals surface area contributed by atoms with Crippen LogP contribution in [-0.2, 0) is 19.1 Å². The molecule has 0 amide bonds. The molecule has 0 saturated heterocycles. The summed E-state index contributed by atoms with van der Waals surface area (Å²) in [5.41, 5.74) is -0.253. The number of halogens is 1. The lowest BCUT2D eigenvalue weighted by atomic mass is 9.43. The van der Waals surface area contributed by atoms with Gasteiger partial charge in [0.2, 0.25) is 0 Å². The third-order valence-corrected chi connectivity index (χ3v) is 12.1. The Bertz CT molecular complexity index is 804. The average molecular weight is 558 g/mol. The molecule has 7 heteroatoms. The highest BCUT2D eigenvalue weighted by molar-refractivity contribution is 9.09. The highest BCUT2D eigenvalue weighted by Crippen LogP contribution is 2.69. The Labute approximate surface area is 219 Å². The lowest BCUT2D eigenvalue weighted by Gasteiger charge is -2.65. The molecule has 35 heavy (non-hydrogen) atoms. The maximum absolute atomic E-state index is 12.3. The van der Waals surface area contributed by atoms with Crippen molar-refractivity contribution in [1.82, 2.24) is 0 Å². The Morgan fingerprint density at radius 3 is 2.46 bits per heavy atom. The second kappa shape index (κ2) is 10.2. The predicted molar refractivity (Wildman–Crippen MR) is 137 cm³/mol. The molecule has 0 aliphatic heterocycles. The standard InChI is InChI=1S/C28H45BrO6/c1-6-34-23(32)10-7-15(2)18-8-9-19-24-20(14-22(28(18,19)5)35-16(3)30)27(4)12-11-17(31)13-21(27)25(29)26(24)33/h15,17-22,24-26,31,33H,6-14H2,1-5H3/t15-,17+,18+,19-,20-,21-,22-,24+,25+,26-,27+,28+/m0/s1. The van der Waals surface area contributed by atoms with E-state index in [2.05, 4.69) is 36.7 Å². The molecule has 0 aromatic carbocycles. The lowest BCUT2D eigenvalue weighted by Crippen LogP contribution is -2.66. The number of hydrogen-bond acceptors (Lipinski definition) is 6. The van der Waals surface area contributed by atoms with Crippen molar-refractivity contribution in [1.29, 1.82) is 0 Å². The fraction of sp³-hybridized carbons (Fsp3) is 0.929. The van der Waals surface area contributed by atoms with Crippen molar-refractivity contribution in [3.8, 4) is 0 Å². The number of fused-ring (bicyclic) bond motifs is 5. The van der Waals surface area contributed by atoms with Crippen molar-refractivity contribution in [2.24, 2.45) is 46.3 Å². The van der Waals surface area contributed by atoms with Crippen LogP contribution in [0.5, 0.6) is 0 Å². The first-order chi connectivity index (χ1) is 16.4. The smallest absolute Gasteiger partial charge is 0.305 e. The molecule has 4 aliphatic rings. The van der Waals surface area contributed by atoms with E-state index in [0.29, 0.717) is 25.4 Å². The molecule has 0 heterocycles. The molecule has 0 aromatic rings. The minimum atomic E-state index is -0.487. The van der Waals surface area contributed by atoms with Crippen molar-refractivity contribution in [2.75, 3.05) is 6.61 Å². The van der Waals surface area contributed by atoms with Crippen molar-refractivity contribution in [2.45, 2.75) is 109 Å². The summed E-state index contributed by atoms with van der Waals surface area (Å²) in [5, 5.41) is 22.1. The van der Waals surface area contributed by atoms with Crippen LogP contribution in [-0.4, -0.2) is 51.9 Å². The SMILES string of the molecule is CCOC(=O)CC[C@H](C)[C@H]1CC[C@H]2[C@H]3[C@H](O)[C@H](Br)[C@@H]4C[C@H](O)CC[C@]4(C)[C@H]3C[C@H](OC(C)=O)[C@]12C. The number of carbonyl (C=O) groups is 2. The average Bonchev–Trinajstić information content (AvgIpc) is 3.15. The zero-order chi connectivity index (χ0) is 25.7. The molecule has 200 valence electrons. The molecule has 4 fully saturated rings. The van der Waals surface area contributed by atoms with Gasteiger partial charge in [0.15, 0.2) is 0 Å². The van der Waals surface area contributed by atoms with Crippen LogP contribution in [0.1, 0.15) is 86.0 Å². The van der Waals surface area contributed by atoms with Gasteiger partial charge in [-0.15, -0.1) is 0 Å². The summed E-state index contributed by atoms with van der Waals surface area (Å²) in [6.45, 7) is 10.6. The quantitative estimate of drug-likeness (QED) is 0.358. The molecule has 4 saturated carbocycles. The number of ether oxygens (including phenoxy) is 2. The molecule has 0 aromatic heterocycles. The largest absolute Gasteiger partial charge is 0.466 e. The first kappa shape index (κ1) is 27.4. The first-order valence-electron chi connectivity index (χ1n) is 13.8. The maximum atomic E-state index is 12.3. The topological polar surface area (TPSA) is 93.1 Å². The van der Waals surface area contributed by atoms with E-state index in [0.717, 1.165) is 38.5 Å². The Balaban J connectivity index is 1.66. The normalized spacial score (nSPS) is 47.7. The number of esters is 2. The molecule has 0 unspecified atom stereocenters. The zero-order valence-corrected chi connectivity index (χ0v) is 23.6. The van der Waals surface area contributed by atoms with Crippen molar-refractivity contribution in [3.05, 3.63) is 0 Å². The predicted octanol–water partition coefficient (Wildman–Crippen LogP) is 4.87. The number of carbonyl (C=O) groups excluding carboxylic acids is 2. The van der Waals surface area contributed by atoms with E-state index >= 15 is 0 Å². The van der Waals surface area contributed by atoms with Gasteiger partial charge >= 0.3 is 11.9 Å². The van der Waals surface area contributed by atoms with Gasteiger partial charge in [-0.25, -0.2) is 0 Å². The summed E-state index contributed by atoms with van der Waals surface area (Å²) in [5.74, 6) is 1.04. The van der Waals surface area contributed by atoms with Gasteiger partial charge in [-0.05, 0) is 92.8 Å². The van der Waals surface area contributed by atoms with Crippen molar-refractivity contribution < 1.29 is 29.3 Å². The summed E-state index contributed by atoms with van der Waals surface area (Å²) < 4.78 is 11.3. The van der Waals surface area contributed by atoms with E-state index < -0.39 is 6.10 Å². The number of hydrogen-bond donors (Lipinski definition) is 2. The maximum Gasteiger partial charge on any atom is 0.305 e. The van der Waals surface area contributed by atoms with Crippen LogP contribution in [0, 0.1) is 46.3 Å². The van der Waals surface area contributed by atoms with Gasteiger partial charge in [0.05, 0.1) is 18.8 Å². The summed E-state index contributed by atoms with van der Waals surface area (Å²) in [6.07, 6.45) is 5.38. The van der Waals surface area contributed by atoms with E-state index in [9.17, 15) is 19.8 Å². The fourth-order valence-corrected chi connectivity index (χ4v) is 10.4. The third-order valence-electron chi connectivity index (χ3n) is 10.9. The fourth-order valence-electron chi connectivity index (χ4n) is 9.25. The van der Waals surface area contributed by atoms with Crippen LogP contribution in [0.15, 0.2) is 0 Å². The lowest BCUT2D eigenvalue weighted by molar-refractivity contribution is -0.214. The molecule has 2 N–H and O–H groups in total. The van der Waals surface area contributed by atoms with Gasteiger partial charge in [-0.3, -0.25) is 9.59 Å². The van der Waals surface area contributed by atoms with Crippen molar-refractivity contribution >= 4 is 27.9 Å². The molecule has 0 spiro atoms. The van der Waals surface area contributed by atoms with Crippen LogP contribution in [0.2, 0.25) is 0 Å². The van der Waals surface area contributed by atoms with E-state index in [-0.39, 0.29) is 69.4 Å². The summed E-state index contributed by atoms with van der Waals surface area (Å²) >= 11 is 3.89. The first-order valence-corrected chi connectivity index (χ1v) is 14.7. The molecule has 6 nitrogen and oxygen atoms in total. The van der Waals surface area contributed by atoms with Gasteiger partial charge in [-0.2, -0.15) is 0 Å². The van der Waals surface area contributed by atoms with Crippen molar-refractivity contribution in [3.63, 3.8) is 0 Å². The second-order valence-corrected chi connectivity index (χ2v) is 13.5. The minimum absolute atomic E-state index is 0.00929. The zero-order valence-electron chi connectivity index (χ0n) is 22.0. The van der Waals surface area contributed by atoms with Gasteiger partial charge in [0, 0.05) is 23.6 Å². The number of rotatable bonds is 6. The van der Waals surface area contributed by atoms with Gasteiger partial charge < -0.3 is 19.7 Å². The minimum Gasteiger partial charge on any atom is -0.466 e. The van der Waals surface area contributed by atoms with E-state index in [1.54, 1.807) is 0 Å². The highest BCUT2D eigenvalue weighted by atomic mass is 79.9. The monoisotopic (exact) mass is 556 g/mol. The Hall–Kier alpha value is -0.660. The third kappa shape index (κ3) is 4.60. The highest BCUT2D eigenvalue weighted by Gasteiger charge is 2.68. The molecular formula is C28H45BrO6. The molecule has 0 radical (unpaired) electrons. The summed E-state index contributed by atoms with van der Waals surface area (Å²) in [7, 11) is 0. The van der Waals surface area contributed by atoms with Gasteiger partial charge in [0.25, 0.3) is 0 Å². The van der Waals surface area contributed by atoms with Crippen LogP contribution < -0.4 is 0 Å². The van der Waals surface area contributed by atoms with E-state index in [1.807, 2.05) is 6.92 Å². The van der Waals surface area contributed by atoms with Gasteiger partial charge in [0.1, 0.15) is 6.10 Å². The summed E-state index contributed by atoms with van der Waals surface area (Å²) in [4.78, 5) is 24.3. The van der Waals surface area contributed by atoms with E-state index in [4.69, 9.17) is 9.47 Å². The van der Waals surface area contributed by atoms with Gasteiger partial charge in [-0.1, -0.05) is 36.7 Å². The molecule has 0 bridgehead atoms.